The number of nitrogen functional groups attached to an aromatic ring is 1. The van der Waals surface area contributed by atoms with Gasteiger partial charge in [0, 0.05) is 67.5 Å². The van der Waals surface area contributed by atoms with E-state index in [1.54, 1.807) is 0 Å². The SMILES string of the molecule is C=C(C)N(CC)CCNCc1nn(CCC2=Cc3cccc(C)c3C(=C)N2c2ccccc2C)c2ncnc(N)c12. The van der Waals surface area contributed by atoms with E-state index in [2.05, 4.69) is 108 Å². The molecule has 0 unspecified atom stereocenters. The van der Waals surface area contributed by atoms with E-state index in [1.807, 2.05) is 11.6 Å². The molecule has 0 fully saturated rings. The number of likely N-dealkylation sites (N-methyl/N-ethyl adjacent to an activating group) is 1. The van der Waals surface area contributed by atoms with E-state index >= 15 is 0 Å². The maximum atomic E-state index is 6.34. The van der Waals surface area contributed by atoms with Crippen LogP contribution in [0.15, 0.2) is 73.3 Å². The fourth-order valence-electron chi connectivity index (χ4n) is 5.68. The molecule has 8 heteroatoms. The van der Waals surface area contributed by atoms with Crippen LogP contribution in [0, 0.1) is 13.8 Å². The Hall–Kier alpha value is -4.43. The zero-order valence-corrected chi connectivity index (χ0v) is 24.6. The van der Waals surface area contributed by atoms with E-state index < -0.39 is 0 Å². The number of nitrogens with two attached hydrogens (primary N) is 1. The number of nitrogens with zero attached hydrogens (tertiary/aromatic N) is 6. The van der Waals surface area contributed by atoms with Gasteiger partial charge in [0.05, 0.1) is 11.1 Å². The summed E-state index contributed by atoms with van der Waals surface area (Å²) in [6.07, 6.45) is 4.53. The molecule has 0 radical (unpaired) electrons. The minimum absolute atomic E-state index is 0.450. The van der Waals surface area contributed by atoms with Gasteiger partial charge in [0.25, 0.3) is 0 Å². The van der Waals surface area contributed by atoms with Crippen LogP contribution in [0.5, 0.6) is 0 Å². The molecule has 3 heterocycles. The topological polar surface area (TPSA) is 88.1 Å². The third kappa shape index (κ3) is 5.60. The molecule has 0 amide bonds. The third-order valence-electron chi connectivity index (χ3n) is 7.81. The molecule has 1 aliphatic heterocycles. The van der Waals surface area contributed by atoms with Crippen LogP contribution in [-0.4, -0.2) is 44.3 Å². The van der Waals surface area contributed by atoms with E-state index in [-0.39, 0.29) is 0 Å². The van der Waals surface area contributed by atoms with Gasteiger partial charge in [0.2, 0.25) is 0 Å². The first-order chi connectivity index (χ1) is 19.8. The smallest absolute Gasteiger partial charge is 0.163 e. The number of rotatable bonds is 11. The van der Waals surface area contributed by atoms with Crippen LogP contribution < -0.4 is 16.0 Å². The Morgan fingerprint density at radius 1 is 1.07 bits per heavy atom. The second-order valence-corrected chi connectivity index (χ2v) is 10.6. The molecule has 212 valence electrons. The van der Waals surface area contributed by atoms with Crippen molar-refractivity contribution in [3.8, 4) is 0 Å². The minimum atomic E-state index is 0.450. The fourth-order valence-corrected chi connectivity index (χ4v) is 5.68. The Kier molecular flexibility index (Phi) is 8.21. The van der Waals surface area contributed by atoms with Crippen LogP contribution in [0.25, 0.3) is 22.8 Å². The number of aromatic nitrogens is 4. The van der Waals surface area contributed by atoms with Gasteiger partial charge in [-0.25, -0.2) is 14.6 Å². The lowest BCUT2D eigenvalue weighted by atomic mass is 9.92. The Balaban J connectivity index is 1.43. The molecule has 0 bridgehead atoms. The Morgan fingerprint density at radius 3 is 2.61 bits per heavy atom. The van der Waals surface area contributed by atoms with Crippen LogP contribution >= 0.6 is 0 Å². The first-order valence-corrected chi connectivity index (χ1v) is 14.2. The first kappa shape index (κ1) is 28.1. The van der Waals surface area contributed by atoms with E-state index in [0.29, 0.717) is 18.9 Å². The average Bonchev–Trinajstić information content (AvgIpc) is 3.31. The second kappa shape index (κ2) is 12.0. The van der Waals surface area contributed by atoms with Gasteiger partial charge in [-0.05, 0) is 56.5 Å². The predicted molar refractivity (Wildman–Crippen MR) is 170 cm³/mol. The Labute approximate surface area is 242 Å². The summed E-state index contributed by atoms with van der Waals surface area (Å²) in [6.45, 7) is 20.9. The van der Waals surface area contributed by atoms with Gasteiger partial charge in [0.1, 0.15) is 12.1 Å². The summed E-state index contributed by atoms with van der Waals surface area (Å²) >= 11 is 0. The number of anilines is 2. The third-order valence-corrected chi connectivity index (χ3v) is 7.81. The van der Waals surface area contributed by atoms with Crippen molar-refractivity contribution in [2.45, 2.75) is 47.2 Å². The number of nitrogens with one attached hydrogen (secondary N) is 1. The number of allylic oxidation sites excluding steroid dienone is 2. The molecule has 0 saturated heterocycles. The van der Waals surface area contributed by atoms with Crippen molar-refractivity contribution in [2.24, 2.45) is 0 Å². The highest BCUT2D eigenvalue weighted by Gasteiger charge is 2.26. The number of fused-ring (bicyclic) bond motifs is 2. The summed E-state index contributed by atoms with van der Waals surface area (Å²) in [6, 6.07) is 14.9. The highest BCUT2D eigenvalue weighted by Crippen LogP contribution is 2.40. The normalized spacial score (nSPS) is 12.9. The predicted octanol–water partition coefficient (Wildman–Crippen LogP) is 5.89. The molecule has 2 aromatic heterocycles. The molecule has 0 aliphatic carbocycles. The van der Waals surface area contributed by atoms with Crippen molar-refractivity contribution < 1.29 is 0 Å². The van der Waals surface area contributed by atoms with Gasteiger partial charge in [0.15, 0.2) is 5.65 Å². The number of hydrogen-bond donors (Lipinski definition) is 2. The van der Waals surface area contributed by atoms with Gasteiger partial charge in [-0.1, -0.05) is 49.6 Å². The molecular weight excluding hydrogens is 508 g/mol. The molecule has 4 aromatic rings. The zero-order valence-electron chi connectivity index (χ0n) is 24.6. The van der Waals surface area contributed by atoms with E-state index in [9.17, 15) is 0 Å². The molecule has 2 aromatic carbocycles. The highest BCUT2D eigenvalue weighted by atomic mass is 15.3. The molecule has 1 aliphatic rings. The lowest BCUT2D eigenvalue weighted by Crippen LogP contribution is -2.30. The molecule has 3 N–H and O–H groups in total. The van der Waals surface area contributed by atoms with Crippen molar-refractivity contribution in [1.29, 1.82) is 0 Å². The summed E-state index contributed by atoms with van der Waals surface area (Å²) in [5.74, 6) is 0.450. The largest absolute Gasteiger partial charge is 0.383 e. The lowest BCUT2D eigenvalue weighted by Gasteiger charge is -2.35. The highest BCUT2D eigenvalue weighted by molar-refractivity contribution is 5.93. The zero-order chi connectivity index (χ0) is 29.1. The van der Waals surface area contributed by atoms with Gasteiger partial charge < -0.3 is 20.9 Å². The molecule has 0 spiro atoms. The number of para-hydroxylation sites is 1. The standard InChI is InChI=1S/C33H40N8/c1-7-39(22(2)3)18-16-35-20-28-31-32(34)36-21-37-33(31)40(38-28)17-15-27-19-26-13-10-12-24(5)30(26)25(6)41(27)29-14-9-8-11-23(29)4/h8-14,19,21,35H,2,6-7,15-18,20H2,1,3-5H3,(H2,34,36,37). The number of hydrogen-bond acceptors (Lipinski definition) is 7. The molecule has 0 atom stereocenters. The van der Waals surface area contributed by atoms with Crippen LogP contribution in [0.4, 0.5) is 11.5 Å². The molecule has 41 heavy (non-hydrogen) atoms. The maximum absolute atomic E-state index is 6.34. The summed E-state index contributed by atoms with van der Waals surface area (Å²) < 4.78 is 1.96. The molecule has 0 saturated carbocycles. The first-order valence-electron chi connectivity index (χ1n) is 14.2. The van der Waals surface area contributed by atoms with Crippen molar-refractivity contribution in [1.82, 2.24) is 30.0 Å². The van der Waals surface area contributed by atoms with Crippen LogP contribution in [0.3, 0.4) is 0 Å². The lowest BCUT2D eigenvalue weighted by molar-refractivity contribution is 0.359. The van der Waals surface area contributed by atoms with Gasteiger partial charge in [-0.2, -0.15) is 5.10 Å². The van der Waals surface area contributed by atoms with E-state index in [0.717, 1.165) is 65.6 Å². The van der Waals surface area contributed by atoms with Crippen molar-refractivity contribution >= 4 is 34.3 Å². The monoisotopic (exact) mass is 548 g/mol. The number of benzene rings is 2. The van der Waals surface area contributed by atoms with Crippen LogP contribution in [0.2, 0.25) is 0 Å². The van der Waals surface area contributed by atoms with E-state index in [1.165, 1.54) is 28.6 Å². The summed E-state index contributed by atoms with van der Waals surface area (Å²) in [7, 11) is 0. The van der Waals surface area contributed by atoms with E-state index in [4.69, 9.17) is 10.8 Å². The average molecular weight is 549 g/mol. The van der Waals surface area contributed by atoms with Gasteiger partial charge in [-0.3, -0.25) is 0 Å². The minimum Gasteiger partial charge on any atom is -0.383 e. The van der Waals surface area contributed by atoms with Crippen molar-refractivity contribution in [3.63, 3.8) is 0 Å². The summed E-state index contributed by atoms with van der Waals surface area (Å²) in [5, 5.41) is 9.30. The Bertz CT molecular complexity index is 1630. The fraction of sp³-hybridized carbons (Fsp3) is 0.303. The quantitative estimate of drug-likeness (QED) is 0.226. The Morgan fingerprint density at radius 2 is 1.85 bits per heavy atom. The molecule has 5 rings (SSSR count). The summed E-state index contributed by atoms with van der Waals surface area (Å²) in [4.78, 5) is 13.4. The summed E-state index contributed by atoms with van der Waals surface area (Å²) in [5.41, 5.74) is 17.1. The second-order valence-electron chi connectivity index (χ2n) is 10.6. The maximum Gasteiger partial charge on any atom is 0.163 e. The van der Waals surface area contributed by atoms with Gasteiger partial charge in [-0.15, -0.1) is 0 Å². The van der Waals surface area contributed by atoms with Crippen LogP contribution in [-0.2, 0) is 13.1 Å². The molecule has 8 nitrogen and oxygen atoms in total. The van der Waals surface area contributed by atoms with Crippen LogP contribution in [0.1, 0.15) is 48.2 Å². The molecular formula is C33H40N8. The van der Waals surface area contributed by atoms with Crippen molar-refractivity contribution in [2.75, 3.05) is 30.3 Å². The number of aryl methyl sites for hydroxylation is 3. The van der Waals surface area contributed by atoms with Crippen molar-refractivity contribution in [3.05, 3.63) is 101 Å². The van der Waals surface area contributed by atoms with Gasteiger partial charge >= 0.3 is 0 Å².